The van der Waals surface area contributed by atoms with Crippen molar-refractivity contribution in [2.24, 2.45) is 0 Å². The normalized spacial score (nSPS) is 16.6. The summed E-state index contributed by atoms with van der Waals surface area (Å²) in [5.74, 6) is 0. The van der Waals surface area contributed by atoms with Crippen molar-refractivity contribution in [3.05, 3.63) is 17.8 Å². The quantitative estimate of drug-likeness (QED) is 0.792. The van der Waals surface area contributed by atoms with Crippen LogP contribution in [0.1, 0.15) is 31.2 Å². The summed E-state index contributed by atoms with van der Waals surface area (Å²) in [5, 5.41) is 13.8. The third-order valence-electron chi connectivity index (χ3n) is 3.06. The molecule has 0 aromatic carbocycles. The summed E-state index contributed by atoms with van der Waals surface area (Å²) < 4.78 is 0. The molecule has 0 amide bonds. The average Bonchev–Trinajstić information content (AvgIpc) is 2.82. The number of nitrogens with zero attached hydrogens (tertiary/aromatic N) is 1. The minimum Gasteiger partial charge on any atom is -0.392 e. The average molecular weight is 238 g/mol. The number of pyridine rings is 1. The number of anilines is 1. The van der Waals surface area contributed by atoms with Crippen molar-refractivity contribution < 1.29 is 5.11 Å². The zero-order valence-electron chi connectivity index (χ0n) is 9.57. The monoisotopic (exact) mass is 238 g/mol. The van der Waals surface area contributed by atoms with E-state index in [9.17, 15) is 5.11 Å². The SMILES string of the molecule is CSc1cc(NC2CCCC2)c(CO)cn1. The third-order valence-corrected chi connectivity index (χ3v) is 3.70. The lowest BCUT2D eigenvalue weighted by molar-refractivity contribution is 0.282. The van der Waals surface area contributed by atoms with Crippen LogP contribution >= 0.6 is 11.8 Å². The van der Waals surface area contributed by atoms with Gasteiger partial charge in [-0.25, -0.2) is 4.98 Å². The van der Waals surface area contributed by atoms with Gasteiger partial charge in [-0.3, -0.25) is 0 Å². The van der Waals surface area contributed by atoms with E-state index in [1.165, 1.54) is 25.7 Å². The maximum atomic E-state index is 9.27. The third kappa shape index (κ3) is 2.68. The lowest BCUT2D eigenvalue weighted by Crippen LogP contribution is -2.16. The lowest BCUT2D eigenvalue weighted by atomic mass is 10.2. The van der Waals surface area contributed by atoms with Crippen LogP contribution < -0.4 is 5.32 Å². The molecule has 4 heteroatoms. The molecule has 0 radical (unpaired) electrons. The number of aromatic nitrogens is 1. The maximum Gasteiger partial charge on any atom is 0.0977 e. The molecule has 1 fully saturated rings. The zero-order chi connectivity index (χ0) is 11.4. The smallest absolute Gasteiger partial charge is 0.0977 e. The van der Waals surface area contributed by atoms with Gasteiger partial charge in [-0.15, -0.1) is 11.8 Å². The number of thioether (sulfide) groups is 1. The fourth-order valence-electron chi connectivity index (χ4n) is 2.13. The minimum atomic E-state index is 0.0523. The highest BCUT2D eigenvalue weighted by Gasteiger charge is 2.16. The topological polar surface area (TPSA) is 45.1 Å². The molecule has 1 aromatic heterocycles. The van der Waals surface area contributed by atoms with Gasteiger partial charge in [0.15, 0.2) is 0 Å². The number of hydrogen-bond acceptors (Lipinski definition) is 4. The summed E-state index contributed by atoms with van der Waals surface area (Å²) in [4.78, 5) is 4.27. The number of hydrogen-bond donors (Lipinski definition) is 2. The van der Waals surface area contributed by atoms with Gasteiger partial charge in [-0.1, -0.05) is 12.8 Å². The van der Waals surface area contributed by atoms with Crippen LogP contribution in [-0.4, -0.2) is 22.4 Å². The van der Waals surface area contributed by atoms with Crippen molar-refractivity contribution >= 4 is 17.4 Å². The van der Waals surface area contributed by atoms with Crippen LogP contribution in [0, 0.1) is 0 Å². The van der Waals surface area contributed by atoms with Gasteiger partial charge in [-0.05, 0) is 25.2 Å². The van der Waals surface area contributed by atoms with Gasteiger partial charge in [0.25, 0.3) is 0 Å². The summed E-state index contributed by atoms with van der Waals surface area (Å²) in [6.45, 7) is 0.0523. The number of aliphatic hydroxyl groups excluding tert-OH is 1. The van der Waals surface area contributed by atoms with E-state index in [1.807, 2.05) is 12.3 Å². The summed E-state index contributed by atoms with van der Waals surface area (Å²) in [5.41, 5.74) is 1.94. The Morgan fingerprint density at radius 2 is 2.25 bits per heavy atom. The van der Waals surface area contributed by atoms with E-state index in [0.717, 1.165) is 16.3 Å². The van der Waals surface area contributed by atoms with Crippen LogP contribution in [0.15, 0.2) is 17.3 Å². The molecule has 0 unspecified atom stereocenters. The highest BCUT2D eigenvalue weighted by molar-refractivity contribution is 7.98. The Bertz CT molecular complexity index is 351. The summed E-state index contributed by atoms with van der Waals surface area (Å²) in [7, 11) is 0. The van der Waals surface area contributed by atoms with Gasteiger partial charge in [0, 0.05) is 23.5 Å². The standard InChI is InChI=1S/C12H18N2OS/c1-16-12-6-11(9(8-15)7-13-12)14-10-4-2-3-5-10/h6-7,10,15H,2-5,8H2,1H3,(H,13,14). The number of nitrogens with one attached hydrogen (secondary N) is 1. The summed E-state index contributed by atoms with van der Waals surface area (Å²) >= 11 is 1.63. The van der Waals surface area contributed by atoms with Crippen LogP contribution in [0.2, 0.25) is 0 Å². The molecule has 0 aliphatic heterocycles. The molecule has 0 spiro atoms. The van der Waals surface area contributed by atoms with Crippen LogP contribution in [0.5, 0.6) is 0 Å². The first-order chi connectivity index (χ1) is 7.83. The van der Waals surface area contributed by atoms with Crippen LogP contribution in [-0.2, 0) is 6.61 Å². The lowest BCUT2D eigenvalue weighted by Gasteiger charge is -2.16. The fourth-order valence-corrected chi connectivity index (χ4v) is 2.52. The van der Waals surface area contributed by atoms with Gasteiger partial charge in [0.05, 0.1) is 11.6 Å². The second-order valence-corrected chi connectivity index (χ2v) is 4.99. The highest BCUT2D eigenvalue weighted by atomic mass is 32.2. The Morgan fingerprint density at radius 1 is 1.50 bits per heavy atom. The van der Waals surface area contributed by atoms with E-state index in [1.54, 1.807) is 18.0 Å². The Hall–Kier alpha value is -0.740. The van der Waals surface area contributed by atoms with Crippen molar-refractivity contribution in [2.75, 3.05) is 11.6 Å². The molecule has 1 aliphatic carbocycles. The Balaban J connectivity index is 2.15. The predicted molar refractivity (Wildman–Crippen MR) is 67.8 cm³/mol. The Kier molecular flexibility index (Phi) is 4.07. The minimum absolute atomic E-state index is 0.0523. The molecule has 88 valence electrons. The molecular weight excluding hydrogens is 220 g/mol. The number of aliphatic hydroxyl groups is 1. The van der Waals surface area contributed by atoms with Gasteiger partial charge < -0.3 is 10.4 Å². The van der Waals surface area contributed by atoms with Crippen LogP contribution in [0.25, 0.3) is 0 Å². The van der Waals surface area contributed by atoms with E-state index >= 15 is 0 Å². The molecule has 0 saturated heterocycles. The van der Waals surface area contributed by atoms with Crippen LogP contribution in [0.3, 0.4) is 0 Å². The van der Waals surface area contributed by atoms with E-state index in [-0.39, 0.29) is 6.61 Å². The Morgan fingerprint density at radius 3 is 2.88 bits per heavy atom. The first-order valence-electron chi connectivity index (χ1n) is 5.74. The summed E-state index contributed by atoms with van der Waals surface area (Å²) in [6, 6.07) is 2.61. The van der Waals surface area contributed by atoms with E-state index in [0.29, 0.717) is 6.04 Å². The molecule has 2 rings (SSSR count). The van der Waals surface area contributed by atoms with Gasteiger partial charge in [0.2, 0.25) is 0 Å². The van der Waals surface area contributed by atoms with Crippen molar-refractivity contribution in [3.8, 4) is 0 Å². The van der Waals surface area contributed by atoms with Crippen molar-refractivity contribution in [3.63, 3.8) is 0 Å². The van der Waals surface area contributed by atoms with Crippen molar-refractivity contribution in [1.82, 2.24) is 4.98 Å². The van der Waals surface area contributed by atoms with E-state index in [4.69, 9.17) is 0 Å². The molecular formula is C12H18N2OS. The molecule has 3 nitrogen and oxygen atoms in total. The molecule has 16 heavy (non-hydrogen) atoms. The second-order valence-electron chi connectivity index (χ2n) is 4.17. The Labute approximate surface area is 101 Å². The first-order valence-corrected chi connectivity index (χ1v) is 6.96. The molecule has 2 N–H and O–H groups in total. The summed E-state index contributed by atoms with van der Waals surface area (Å²) in [6.07, 6.45) is 8.88. The van der Waals surface area contributed by atoms with Crippen molar-refractivity contribution in [2.45, 2.75) is 43.4 Å². The van der Waals surface area contributed by atoms with Gasteiger partial charge in [-0.2, -0.15) is 0 Å². The molecule has 1 heterocycles. The van der Waals surface area contributed by atoms with Crippen LogP contribution in [0.4, 0.5) is 5.69 Å². The van der Waals surface area contributed by atoms with Gasteiger partial charge >= 0.3 is 0 Å². The molecule has 1 aliphatic rings. The molecule has 1 saturated carbocycles. The van der Waals surface area contributed by atoms with Crippen molar-refractivity contribution in [1.29, 1.82) is 0 Å². The zero-order valence-corrected chi connectivity index (χ0v) is 10.4. The van der Waals surface area contributed by atoms with Gasteiger partial charge in [0.1, 0.15) is 0 Å². The second kappa shape index (κ2) is 5.55. The number of rotatable bonds is 4. The largest absolute Gasteiger partial charge is 0.392 e. The first kappa shape index (κ1) is 11.7. The molecule has 1 aromatic rings. The maximum absolute atomic E-state index is 9.27. The predicted octanol–water partition coefficient (Wildman–Crippen LogP) is 2.65. The molecule has 0 atom stereocenters. The fraction of sp³-hybridized carbons (Fsp3) is 0.583. The molecule has 0 bridgehead atoms. The highest BCUT2D eigenvalue weighted by Crippen LogP contribution is 2.26. The van der Waals surface area contributed by atoms with E-state index < -0.39 is 0 Å². The van der Waals surface area contributed by atoms with E-state index in [2.05, 4.69) is 10.3 Å².